The van der Waals surface area contributed by atoms with E-state index in [0.717, 1.165) is 22.6 Å². The average molecular weight is 378 g/mol. The third kappa shape index (κ3) is 2.59. The van der Waals surface area contributed by atoms with Crippen molar-refractivity contribution in [3.05, 3.63) is 65.6 Å². The highest BCUT2D eigenvalue weighted by molar-refractivity contribution is 5.99. The number of hydrogen-bond acceptors (Lipinski definition) is 4. The number of fused-ring (bicyclic) bond motifs is 1. The Morgan fingerprint density at radius 1 is 1.29 bits per heavy atom. The Bertz CT molecular complexity index is 960. The molecule has 2 unspecified atom stereocenters. The molecule has 0 saturated carbocycles. The molecule has 28 heavy (non-hydrogen) atoms. The van der Waals surface area contributed by atoms with Crippen molar-refractivity contribution in [3.63, 3.8) is 0 Å². The zero-order valence-corrected chi connectivity index (χ0v) is 15.8. The van der Waals surface area contributed by atoms with Crippen LogP contribution in [0.15, 0.2) is 53.2 Å². The van der Waals surface area contributed by atoms with Crippen LogP contribution in [-0.4, -0.2) is 35.0 Å². The molecule has 2 bridgehead atoms. The topological polar surface area (TPSA) is 71.8 Å². The van der Waals surface area contributed by atoms with E-state index in [4.69, 9.17) is 9.15 Å². The molecule has 4 heterocycles. The van der Waals surface area contributed by atoms with Gasteiger partial charge in [-0.3, -0.25) is 9.59 Å². The van der Waals surface area contributed by atoms with E-state index in [0.29, 0.717) is 13.1 Å². The molecular formula is C22H22N2O4. The molecule has 144 valence electrons. The molecule has 3 aliphatic heterocycles. The van der Waals surface area contributed by atoms with Crippen LogP contribution >= 0.6 is 0 Å². The largest absolute Gasteiger partial charge is 0.467 e. The van der Waals surface area contributed by atoms with Gasteiger partial charge < -0.3 is 19.4 Å². The van der Waals surface area contributed by atoms with Crippen molar-refractivity contribution >= 4 is 17.5 Å². The van der Waals surface area contributed by atoms with Gasteiger partial charge in [-0.1, -0.05) is 18.2 Å². The first-order chi connectivity index (χ1) is 13.4. The maximum atomic E-state index is 13.2. The van der Waals surface area contributed by atoms with Gasteiger partial charge in [0, 0.05) is 5.69 Å². The van der Waals surface area contributed by atoms with Crippen molar-refractivity contribution in [2.75, 3.05) is 11.9 Å². The summed E-state index contributed by atoms with van der Waals surface area (Å²) in [5.74, 6) is -0.522. The van der Waals surface area contributed by atoms with E-state index in [1.165, 1.54) is 0 Å². The number of amides is 2. The third-order valence-corrected chi connectivity index (χ3v) is 5.90. The van der Waals surface area contributed by atoms with Crippen LogP contribution in [-0.2, 0) is 20.9 Å². The Kier molecular flexibility index (Phi) is 3.74. The lowest BCUT2D eigenvalue weighted by Crippen LogP contribution is -2.41. The number of rotatable bonds is 4. The maximum absolute atomic E-state index is 13.2. The van der Waals surface area contributed by atoms with Gasteiger partial charge in [-0.05, 0) is 49.2 Å². The van der Waals surface area contributed by atoms with E-state index in [9.17, 15) is 9.59 Å². The van der Waals surface area contributed by atoms with E-state index < -0.39 is 17.4 Å². The third-order valence-electron chi connectivity index (χ3n) is 5.90. The van der Waals surface area contributed by atoms with Crippen molar-refractivity contribution in [1.82, 2.24) is 4.90 Å². The predicted octanol–water partition coefficient (Wildman–Crippen LogP) is 2.82. The summed E-state index contributed by atoms with van der Waals surface area (Å²) in [6.45, 7) is 4.82. The molecule has 0 aliphatic carbocycles. The Hall–Kier alpha value is -2.86. The lowest BCUT2D eigenvalue weighted by molar-refractivity contribution is -0.136. The van der Waals surface area contributed by atoms with Gasteiger partial charge in [0.1, 0.15) is 11.4 Å². The van der Waals surface area contributed by atoms with E-state index in [2.05, 4.69) is 11.4 Å². The molecule has 0 radical (unpaired) electrons. The quantitative estimate of drug-likeness (QED) is 0.831. The van der Waals surface area contributed by atoms with Crippen LogP contribution in [0.25, 0.3) is 0 Å². The Morgan fingerprint density at radius 3 is 2.79 bits per heavy atom. The van der Waals surface area contributed by atoms with Crippen LogP contribution in [0.4, 0.5) is 5.69 Å². The van der Waals surface area contributed by atoms with E-state index in [-0.39, 0.29) is 17.9 Å². The number of ether oxygens (including phenoxy) is 1. The molecule has 6 nitrogen and oxygen atoms in total. The summed E-state index contributed by atoms with van der Waals surface area (Å²) < 4.78 is 11.5. The summed E-state index contributed by atoms with van der Waals surface area (Å²) in [7, 11) is 0. The summed E-state index contributed by atoms with van der Waals surface area (Å²) in [4.78, 5) is 28.0. The van der Waals surface area contributed by atoms with Gasteiger partial charge in [-0.15, -0.1) is 0 Å². The molecule has 1 N–H and O–H groups in total. The van der Waals surface area contributed by atoms with Gasteiger partial charge >= 0.3 is 0 Å². The number of nitrogens with zero attached hydrogens (tertiary/aromatic N) is 1. The lowest BCUT2D eigenvalue weighted by Gasteiger charge is -2.23. The molecule has 1 aromatic carbocycles. The van der Waals surface area contributed by atoms with Crippen LogP contribution in [0.2, 0.25) is 0 Å². The number of furan rings is 1. The van der Waals surface area contributed by atoms with Crippen molar-refractivity contribution < 1.29 is 18.7 Å². The number of aryl methyl sites for hydroxylation is 2. The average Bonchev–Trinajstić information content (AvgIpc) is 3.37. The molecular weight excluding hydrogens is 356 g/mol. The molecule has 3 aliphatic rings. The molecule has 1 aromatic heterocycles. The maximum Gasteiger partial charge on any atom is 0.231 e. The normalized spacial score (nSPS) is 30.1. The number of carbonyl (C=O) groups is 2. The fourth-order valence-electron chi connectivity index (χ4n) is 4.87. The highest BCUT2D eigenvalue weighted by Gasteiger charge is 2.66. The smallest absolute Gasteiger partial charge is 0.231 e. The van der Waals surface area contributed by atoms with E-state index in [1.54, 1.807) is 17.2 Å². The number of nitrogens with one attached hydrogen (secondary N) is 1. The lowest BCUT2D eigenvalue weighted by atomic mass is 9.76. The fraction of sp³-hybridized carbons (Fsp3) is 0.364. The van der Waals surface area contributed by atoms with Crippen molar-refractivity contribution in [1.29, 1.82) is 0 Å². The van der Waals surface area contributed by atoms with E-state index in [1.807, 2.05) is 44.2 Å². The Labute approximate surface area is 163 Å². The zero-order chi connectivity index (χ0) is 19.5. The van der Waals surface area contributed by atoms with E-state index >= 15 is 0 Å². The zero-order valence-electron chi connectivity index (χ0n) is 15.8. The number of benzene rings is 1. The molecule has 4 atom stereocenters. The minimum Gasteiger partial charge on any atom is -0.467 e. The Balaban J connectivity index is 1.39. The van der Waals surface area contributed by atoms with Gasteiger partial charge in [0.05, 0.1) is 37.3 Å². The molecule has 6 heteroatoms. The molecule has 2 aromatic rings. The van der Waals surface area contributed by atoms with Crippen LogP contribution in [0.3, 0.4) is 0 Å². The second-order valence-corrected chi connectivity index (χ2v) is 8.04. The summed E-state index contributed by atoms with van der Waals surface area (Å²) >= 11 is 0. The Morgan fingerprint density at radius 2 is 2.07 bits per heavy atom. The molecule has 5 rings (SSSR count). The number of likely N-dealkylation sites (tertiary alicyclic amines) is 1. The van der Waals surface area contributed by atoms with Crippen LogP contribution in [0, 0.1) is 25.7 Å². The fourth-order valence-corrected chi connectivity index (χ4v) is 4.87. The minimum absolute atomic E-state index is 0.0520. The van der Waals surface area contributed by atoms with Crippen molar-refractivity contribution in [2.24, 2.45) is 11.8 Å². The van der Waals surface area contributed by atoms with Gasteiger partial charge in [-0.25, -0.2) is 0 Å². The van der Waals surface area contributed by atoms with Crippen LogP contribution in [0.1, 0.15) is 16.9 Å². The number of hydrogen-bond donors (Lipinski definition) is 1. The number of anilines is 1. The monoisotopic (exact) mass is 378 g/mol. The van der Waals surface area contributed by atoms with Gasteiger partial charge in [-0.2, -0.15) is 0 Å². The first-order valence-electron chi connectivity index (χ1n) is 9.53. The van der Waals surface area contributed by atoms with Gasteiger partial charge in [0.15, 0.2) is 0 Å². The molecule has 2 amide bonds. The molecule has 1 spiro atoms. The summed E-state index contributed by atoms with van der Waals surface area (Å²) in [5, 5.41) is 3.00. The van der Waals surface area contributed by atoms with Gasteiger partial charge in [0.25, 0.3) is 0 Å². The van der Waals surface area contributed by atoms with Gasteiger partial charge in [0.2, 0.25) is 11.8 Å². The molecule has 2 fully saturated rings. The second-order valence-electron chi connectivity index (χ2n) is 8.04. The first kappa shape index (κ1) is 17.3. The summed E-state index contributed by atoms with van der Waals surface area (Å²) in [5.41, 5.74) is 2.20. The van der Waals surface area contributed by atoms with Crippen LogP contribution < -0.4 is 5.32 Å². The first-order valence-corrected chi connectivity index (χ1v) is 9.53. The minimum atomic E-state index is -0.709. The SMILES string of the molecule is Cc1cc(C)cc(NC(=O)C2C3C(=O)N(Cc4ccco4)C[C@@]34C=C[C@@H]2O4)c1. The van der Waals surface area contributed by atoms with Crippen molar-refractivity contribution in [3.8, 4) is 0 Å². The van der Waals surface area contributed by atoms with Crippen molar-refractivity contribution in [2.45, 2.75) is 32.1 Å². The number of carbonyl (C=O) groups excluding carboxylic acids is 2. The molecule has 2 saturated heterocycles. The second kappa shape index (κ2) is 6.07. The standard InChI is InChI=1S/C22H22N2O4/c1-13-8-14(2)10-15(9-13)23-20(25)18-17-5-6-22(28-17)12-24(21(26)19(18)22)11-16-4-3-7-27-16/h3-10,17-19H,11-12H2,1-2H3,(H,23,25)/t17-,18?,19?,22-/m0/s1. The summed E-state index contributed by atoms with van der Waals surface area (Å²) in [6.07, 6.45) is 5.12. The highest BCUT2D eigenvalue weighted by atomic mass is 16.5. The highest BCUT2D eigenvalue weighted by Crippen LogP contribution is 2.52. The predicted molar refractivity (Wildman–Crippen MR) is 102 cm³/mol. The summed E-state index contributed by atoms with van der Waals surface area (Å²) in [6, 6.07) is 9.57. The van der Waals surface area contributed by atoms with Crippen LogP contribution in [0.5, 0.6) is 0 Å².